The average molecular weight is 418 g/mol. The number of amides is 1. The van der Waals surface area contributed by atoms with Gasteiger partial charge in [0.1, 0.15) is 23.8 Å². The van der Waals surface area contributed by atoms with Gasteiger partial charge in [-0.1, -0.05) is 11.6 Å². The van der Waals surface area contributed by atoms with Gasteiger partial charge in [-0.05, 0) is 51.1 Å². The highest BCUT2D eigenvalue weighted by molar-refractivity contribution is 6.32. The zero-order chi connectivity index (χ0) is 20.8. The first-order valence-electron chi connectivity index (χ1n) is 9.28. The molecule has 1 amide bonds. The number of halogens is 2. The van der Waals surface area contributed by atoms with Gasteiger partial charge >= 0.3 is 6.09 Å². The number of carbonyl (C=O) groups is 1. The molecule has 0 spiro atoms. The van der Waals surface area contributed by atoms with E-state index in [-0.39, 0.29) is 5.82 Å². The molecule has 0 bridgehead atoms. The molecule has 0 radical (unpaired) electrons. The van der Waals surface area contributed by atoms with Crippen LogP contribution < -0.4 is 4.74 Å². The van der Waals surface area contributed by atoms with E-state index in [1.165, 1.54) is 12.1 Å². The summed E-state index contributed by atoms with van der Waals surface area (Å²) < 4.78 is 26.5. The summed E-state index contributed by atoms with van der Waals surface area (Å²) in [6.45, 7) is 6.48. The summed E-state index contributed by atoms with van der Waals surface area (Å²) >= 11 is 6.49. The van der Waals surface area contributed by atoms with Crippen molar-refractivity contribution in [3.63, 3.8) is 0 Å². The lowest BCUT2D eigenvalue weighted by Gasteiger charge is -2.26. The second-order valence-electron chi connectivity index (χ2n) is 7.93. The summed E-state index contributed by atoms with van der Waals surface area (Å²) in [5.41, 5.74) is 1.61. The van der Waals surface area contributed by atoms with Gasteiger partial charge in [-0.15, -0.1) is 0 Å². The molecule has 4 rings (SSSR count). The number of fused-ring (bicyclic) bond motifs is 2. The third-order valence-corrected chi connectivity index (χ3v) is 4.78. The summed E-state index contributed by atoms with van der Waals surface area (Å²) in [4.78, 5) is 14.1. The number of hydrogen-bond acceptors (Lipinski definition) is 4. The molecule has 29 heavy (non-hydrogen) atoms. The molecular weight excluding hydrogens is 397 g/mol. The van der Waals surface area contributed by atoms with Gasteiger partial charge in [0.2, 0.25) is 0 Å². The quantitative estimate of drug-likeness (QED) is 0.562. The molecule has 6 nitrogen and oxygen atoms in total. The summed E-state index contributed by atoms with van der Waals surface area (Å²) in [5, 5.41) is 5.48. The lowest BCUT2D eigenvalue weighted by atomic mass is 10.1. The summed E-state index contributed by atoms with van der Waals surface area (Å²) in [5.74, 6) is 0.224. The minimum atomic E-state index is -0.587. The van der Waals surface area contributed by atoms with Gasteiger partial charge in [0.05, 0.1) is 35.5 Å². The first-order valence-corrected chi connectivity index (χ1v) is 9.66. The Hall–Kier alpha value is -2.80. The van der Waals surface area contributed by atoms with Crippen LogP contribution in [0.3, 0.4) is 0 Å². The van der Waals surface area contributed by atoms with E-state index in [4.69, 9.17) is 21.1 Å². The molecule has 0 unspecified atom stereocenters. The summed E-state index contributed by atoms with van der Waals surface area (Å²) in [7, 11) is 0. The van der Waals surface area contributed by atoms with Crippen LogP contribution >= 0.6 is 11.6 Å². The van der Waals surface area contributed by atoms with E-state index in [0.717, 1.165) is 11.1 Å². The van der Waals surface area contributed by atoms with E-state index in [2.05, 4.69) is 5.10 Å². The summed E-state index contributed by atoms with van der Waals surface area (Å²) in [6.07, 6.45) is 1.19. The van der Waals surface area contributed by atoms with E-state index in [0.29, 0.717) is 41.5 Å². The van der Waals surface area contributed by atoms with Crippen LogP contribution in [0.25, 0.3) is 16.6 Å². The Kier molecular flexibility index (Phi) is 4.86. The zero-order valence-corrected chi connectivity index (χ0v) is 17.2. The van der Waals surface area contributed by atoms with Crippen molar-refractivity contribution in [2.45, 2.75) is 32.9 Å². The van der Waals surface area contributed by atoms with Crippen molar-refractivity contribution in [2.75, 3.05) is 13.2 Å². The highest BCUT2D eigenvalue weighted by Gasteiger charge is 2.26. The first-order chi connectivity index (χ1) is 13.7. The van der Waals surface area contributed by atoms with E-state index >= 15 is 0 Å². The van der Waals surface area contributed by atoms with Crippen molar-refractivity contribution in [3.8, 4) is 11.4 Å². The van der Waals surface area contributed by atoms with Crippen molar-refractivity contribution in [1.82, 2.24) is 14.7 Å². The summed E-state index contributed by atoms with van der Waals surface area (Å²) in [6, 6.07) is 8.11. The third-order valence-electron chi connectivity index (χ3n) is 4.50. The van der Waals surface area contributed by atoms with Gasteiger partial charge in [0.15, 0.2) is 0 Å². The molecular formula is C21H21ClFN3O3. The Morgan fingerprint density at radius 1 is 1.28 bits per heavy atom. The van der Waals surface area contributed by atoms with Crippen LogP contribution in [0.4, 0.5) is 9.18 Å². The predicted molar refractivity (Wildman–Crippen MR) is 108 cm³/mol. The third kappa shape index (κ3) is 4.00. The molecule has 152 valence electrons. The van der Waals surface area contributed by atoms with Crippen molar-refractivity contribution >= 4 is 28.6 Å². The number of ether oxygens (including phenoxy) is 2. The largest absolute Gasteiger partial charge is 0.490 e. The van der Waals surface area contributed by atoms with Gasteiger partial charge in [-0.25, -0.2) is 13.9 Å². The highest BCUT2D eigenvalue weighted by Crippen LogP contribution is 2.35. The van der Waals surface area contributed by atoms with Crippen molar-refractivity contribution in [2.24, 2.45) is 0 Å². The maximum atomic E-state index is 13.5. The van der Waals surface area contributed by atoms with E-state index in [1.807, 2.05) is 26.8 Å². The van der Waals surface area contributed by atoms with Gasteiger partial charge in [-0.3, -0.25) is 0 Å². The van der Waals surface area contributed by atoms with Crippen LogP contribution in [0.15, 0.2) is 36.5 Å². The normalized spacial score (nSPS) is 14.3. The Balaban J connectivity index is 1.72. The van der Waals surface area contributed by atoms with E-state index in [1.54, 1.807) is 27.9 Å². The van der Waals surface area contributed by atoms with Gasteiger partial charge in [-0.2, -0.15) is 5.10 Å². The maximum absolute atomic E-state index is 13.5. The molecule has 8 heteroatoms. The number of aromatic nitrogens is 2. The number of benzene rings is 2. The molecule has 2 aromatic carbocycles. The fourth-order valence-electron chi connectivity index (χ4n) is 3.27. The Labute approximate surface area is 172 Å². The van der Waals surface area contributed by atoms with Crippen LogP contribution in [0.2, 0.25) is 5.02 Å². The molecule has 2 heterocycles. The Morgan fingerprint density at radius 2 is 2.07 bits per heavy atom. The molecule has 0 fully saturated rings. The SMILES string of the molecule is CC(C)(C)OC(=O)N1CCOc2c(Cl)cc(-n3ncc4cc(F)ccc43)cc2C1. The van der Waals surface area contributed by atoms with Crippen molar-refractivity contribution in [3.05, 3.63) is 52.9 Å². The zero-order valence-electron chi connectivity index (χ0n) is 16.4. The second kappa shape index (κ2) is 7.22. The molecule has 0 saturated carbocycles. The predicted octanol–water partition coefficient (Wildman–Crippen LogP) is 4.95. The topological polar surface area (TPSA) is 56.6 Å². The smallest absolute Gasteiger partial charge is 0.410 e. The van der Waals surface area contributed by atoms with Crippen molar-refractivity contribution in [1.29, 1.82) is 0 Å². The van der Waals surface area contributed by atoms with Crippen molar-refractivity contribution < 1.29 is 18.7 Å². The van der Waals surface area contributed by atoms with Crippen LogP contribution in [0.1, 0.15) is 26.3 Å². The molecule has 0 N–H and O–H groups in total. The lowest BCUT2D eigenvalue weighted by Crippen LogP contribution is -2.37. The van der Waals surface area contributed by atoms with E-state index < -0.39 is 11.7 Å². The molecule has 1 aliphatic heterocycles. The van der Waals surface area contributed by atoms with Crippen LogP contribution in [0.5, 0.6) is 5.75 Å². The number of carbonyl (C=O) groups excluding carboxylic acids is 1. The Morgan fingerprint density at radius 3 is 2.83 bits per heavy atom. The average Bonchev–Trinajstić information content (AvgIpc) is 2.90. The van der Waals surface area contributed by atoms with Crippen LogP contribution in [-0.2, 0) is 11.3 Å². The minimum absolute atomic E-state index is 0.297. The standard InChI is InChI=1S/C21H21ClFN3O3/c1-21(2,3)29-20(27)25-6-7-28-19-14(12-25)9-16(10-17(19)22)26-18-5-4-15(23)8-13(18)11-24-26/h4-5,8-11H,6-7,12H2,1-3H3. The van der Waals surface area contributed by atoms with Gasteiger partial charge in [0.25, 0.3) is 0 Å². The maximum Gasteiger partial charge on any atom is 0.410 e. The monoisotopic (exact) mass is 417 g/mol. The van der Waals surface area contributed by atoms with Gasteiger partial charge in [0, 0.05) is 10.9 Å². The fourth-order valence-corrected chi connectivity index (χ4v) is 3.56. The molecule has 1 aromatic heterocycles. The fraction of sp³-hybridized carbons (Fsp3) is 0.333. The molecule has 0 atom stereocenters. The highest BCUT2D eigenvalue weighted by atomic mass is 35.5. The molecule has 0 saturated heterocycles. The minimum Gasteiger partial charge on any atom is -0.490 e. The number of hydrogen-bond donors (Lipinski definition) is 0. The first kappa shape index (κ1) is 19.5. The van der Waals surface area contributed by atoms with E-state index in [9.17, 15) is 9.18 Å². The second-order valence-corrected chi connectivity index (χ2v) is 8.33. The number of rotatable bonds is 1. The molecule has 1 aliphatic rings. The molecule has 0 aliphatic carbocycles. The molecule has 3 aromatic rings. The van der Waals surface area contributed by atoms with Gasteiger partial charge < -0.3 is 14.4 Å². The van der Waals surface area contributed by atoms with Crippen LogP contribution in [-0.4, -0.2) is 39.5 Å². The number of nitrogens with zero attached hydrogens (tertiary/aromatic N) is 3. The van der Waals surface area contributed by atoms with Crippen LogP contribution in [0, 0.1) is 5.82 Å². The lowest BCUT2D eigenvalue weighted by molar-refractivity contribution is 0.0225. The Bertz CT molecular complexity index is 1090.